The SMILES string of the molecule is CN1CCN(C(C(=O)NCCN2CCNCC2)c2ccccc2)CC1.Cl.Cl. The van der Waals surface area contributed by atoms with Crippen molar-refractivity contribution in [1.29, 1.82) is 0 Å². The first-order chi connectivity index (χ1) is 12.2. The molecular formula is C19H33Cl2N5O. The van der Waals surface area contributed by atoms with Gasteiger partial charge in [-0.15, -0.1) is 24.8 Å². The van der Waals surface area contributed by atoms with Crippen molar-refractivity contribution in [3.63, 3.8) is 0 Å². The van der Waals surface area contributed by atoms with Gasteiger partial charge in [0.2, 0.25) is 5.91 Å². The van der Waals surface area contributed by atoms with Gasteiger partial charge in [0, 0.05) is 65.4 Å². The van der Waals surface area contributed by atoms with Gasteiger partial charge in [0.25, 0.3) is 0 Å². The minimum Gasteiger partial charge on any atom is -0.353 e. The van der Waals surface area contributed by atoms with E-state index in [9.17, 15) is 4.79 Å². The van der Waals surface area contributed by atoms with Crippen LogP contribution in [0.15, 0.2) is 30.3 Å². The van der Waals surface area contributed by atoms with Gasteiger partial charge in [-0.1, -0.05) is 30.3 Å². The Hall–Kier alpha value is -0.890. The van der Waals surface area contributed by atoms with Crippen LogP contribution in [-0.4, -0.2) is 93.1 Å². The van der Waals surface area contributed by atoms with Crippen molar-refractivity contribution in [1.82, 2.24) is 25.3 Å². The van der Waals surface area contributed by atoms with Gasteiger partial charge in [0.1, 0.15) is 6.04 Å². The highest BCUT2D eigenvalue weighted by atomic mass is 35.5. The van der Waals surface area contributed by atoms with Gasteiger partial charge in [0.05, 0.1) is 0 Å². The predicted octanol–water partition coefficient (Wildman–Crippen LogP) is 0.840. The lowest BCUT2D eigenvalue weighted by molar-refractivity contribution is -0.127. The maximum absolute atomic E-state index is 13.0. The number of carbonyl (C=O) groups excluding carboxylic acids is 1. The Morgan fingerprint density at radius 1 is 1.04 bits per heavy atom. The predicted molar refractivity (Wildman–Crippen MR) is 115 cm³/mol. The van der Waals surface area contributed by atoms with Gasteiger partial charge in [-0.2, -0.15) is 0 Å². The van der Waals surface area contributed by atoms with E-state index in [1.807, 2.05) is 18.2 Å². The lowest BCUT2D eigenvalue weighted by atomic mass is 10.0. The van der Waals surface area contributed by atoms with Crippen LogP contribution in [0.4, 0.5) is 0 Å². The minimum absolute atomic E-state index is 0. The molecule has 1 aromatic rings. The first kappa shape index (κ1) is 24.1. The van der Waals surface area contributed by atoms with E-state index in [1.54, 1.807) is 0 Å². The van der Waals surface area contributed by atoms with Crippen molar-refractivity contribution in [3.05, 3.63) is 35.9 Å². The van der Waals surface area contributed by atoms with E-state index in [-0.39, 0.29) is 36.8 Å². The van der Waals surface area contributed by atoms with Crippen LogP contribution in [0.3, 0.4) is 0 Å². The van der Waals surface area contributed by atoms with Crippen molar-refractivity contribution in [2.24, 2.45) is 0 Å². The smallest absolute Gasteiger partial charge is 0.242 e. The standard InChI is InChI=1S/C19H31N5O.2ClH/c1-22-13-15-24(16-14-22)18(17-5-3-2-4-6-17)19(25)21-9-12-23-10-7-20-8-11-23;;/h2-6,18,20H,7-16H2,1H3,(H,21,25);2*1H. The molecule has 0 spiro atoms. The largest absolute Gasteiger partial charge is 0.353 e. The summed E-state index contributed by atoms with van der Waals surface area (Å²) in [6.45, 7) is 9.75. The van der Waals surface area contributed by atoms with E-state index < -0.39 is 0 Å². The van der Waals surface area contributed by atoms with E-state index in [4.69, 9.17) is 0 Å². The molecule has 1 aromatic carbocycles. The highest BCUT2D eigenvalue weighted by Gasteiger charge is 2.29. The number of amides is 1. The van der Waals surface area contributed by atoms with Crippen molar-refractivity contribution in [2.75, 3.05) is 72.5 Å². The molecule has 2 aliphatic rings. The fourth-order valence-electron chi connectivity index (χ4n) is 3.61. The van der Waals surface area contributed by atoms with Crippen LogP contribution in [0.25, 0.3) is 0 Å². The number of piperazine rings is 2. The molecule has 0 radical (unpaired) electrons. The van der Waals surface area contributed by atoms with E-state index in [0.29, 0.717) is 0 Å². The third-order valence-electron chi connectivity index (χ3n) is 5.20. The number of nitrogens with one attached hydrogen (secondary N) is 2. The molecular weight excluding hydrogens is 385 g/mol. The van der Waals surface area contributed by atoms with Crippen LogP contribution >= 0.6 is 24.8 Å². The fraction of sp³-hybridized carbons (Fsp3) is 0.632. The maximum Gasteiger partial charge on any atom is 0.242 e. The maximum atomic E-state index is 13.0. The van der Waals surface area contributed by atoms with Crippen molar-refractivity contribution in [2.45, 2.75) is 6.04 Å². The summed E-state index contributed by atoms with van der Waals surface area (Å²) in [6.07, 6.45) is 0. The number of benzene rings is 1. The molecule has 27 heavy (non-hydrogen) atoms. The second-order valence-corrected chi connectivity index (χ2v) is 7.04. The minimum atomic E-state index is -0.182. The van der Waals surface area contributed by atoms with Crippen molar-refractivity contribution >= 4 is 30.7 Å². The lowest BCUT2D eigenvalue weighted by Crippen LogP contribution is -2.51. The van der Waals surface area contributed by atoms with Crippen LogP contribution in [-0.2, 0) is 4.79 Å². The Balaban J connectivity index is 0.00000182. The van der Waals surface area contributed by atoms with Crippen molar-refractivity contribution in [3.8, 4) is 0 Å². The van der Waals surface area contributed by atoms with Gasteiger partial charge in [0.15, 0.2) is 0 Å². The van der Waals surface area contributed by atoms with E-state index in [2.05, 4.69) is 44.5 Å². The fourth-order valence-corrected chi connectivity index (χ4v) is 3.61. The number of hydrogen-bond donors (Lipinski definition) is 2. The second-order valence-electron chi connectivity index (χ2n) is 7.04. The molecule has 2 saturated heterocycles. The van der Waals surface area contributed by atoms with Crippen LogP contribution in [0.2, 0.25) is 0 Å². The first-order valence-corrected chi connectivity index (χ1v) is 9.42. The number of nitrogens with zero attached hydrogens (tertiary/aromatic N) is 3. The van der Waals surface area contributed by atoms with Gasteiger partial charge < -0.3 is 15.5 Å². The highest BCUT2D eigenvalue weighted by Crippen LogP contribution is 2.22. The molecule has 2 aliphatic heterocycles. The molecule has 8 heteroatoms. The van der Waals surface area contributed by atoms with Crippen LogP contribution in [0.1, 0.15) is 11.6 Å². The molecule has 1 atom stereocenters. The normalized spacial score (nSPS) is 20.2. The zero-order chi connectivity index (χ0) is 17.5. The molecule has 3 rings (SSSR count). The van der Waals surface area contributed by atoms with E-state index in [1.165, 1.54) is 0 Å². The third kappa shape index (κ3) is 7.22. The van der Waals surface area contributed by atoms with Gasteiger partial charge in [-0.25, -0.2) is 0 Å². The zero-order valence-electron chi connectivity index (χ0n) is 16.1. The number of halogens is 2. The number of rotatable bonds is 6. The molecule has 1 amide bonds. The molecule has 0 saturated carbocycles. The second kappa shape index (κ2) is 12.5. The van der Waals surface area contributed by atoms with Crippen LogP contribution in [0, 0.1) is 0 Å². The molecule has 2 N–H and O–H groups in total. The van der Waals surface area contributed by atoms with Gasteiger partial charge >= 0.3 is 0 Å². The Bertz CT molecular complexity index is 534. The quantitative estimate of drug-likeness (QED) is 0.717. The van der Waals surface area contributed by atoms with Crippen LogP contribution in [0.5, 0.6) is 0 Å². The van der Waals surface area contributed by atoms with Crippen LogP contribution < -0.4 is 10.6 Å². The van der Waals surface area contributed by atoms with E-state index >= 15 is 0 Å². The highest BCUT2D eigenvalue weighted by molar-refractivity contribution is 5.85. The molecule has 0 bridgehead atoms. The summed E-state index contributed by atoms with van der Waals surface area (Å²) in [5, 5.41) is 6.54. The van der Waals surface area contributed by atoms with E-state index in [0.717, 1.165) is 71.0 Å². The summed E-state index contributed by atoms with van der Waals surface area (Å²) in [5.74, 6) is 0.130. The Labute approximate surface area is 175 Å². The molecule has 0 aliphatic carbocycles. The van der Waals surface area contributed by atoms with Gasteiger partial charge in [-0.05, 0) is 12.6 Å². The Morgan fingerprint density at radius 3 is 2.30 bits per heavy atom. The Morgan fingerprint density at radius 2 is 1.67 bits per heavy atom. The molecule has 6 nitrogen and oxygen atoms in total. The molecule has 0 aromatic heterocycles. The summed E-state index contributed by atoms with van der Waals surface area (Å²) in [4.78, 5) is 20.0. The average molecular weight is 418 g/mol. The first-order valence-electron chi connectivity index (χ1n) is 9.42. The van der Waals surface area contributed by atoms with Gasteiger partial charge in [-0.3, -0.25) is 14.6 Å². The summed E-state index contributed by atoms with van der Waals surface area (Å²) in [5.41, 5.74) is 1.09. The Kier molecular flexibility index (Phi) is 11.2. The molecule has 154 valence electrons. The molecule has 1 unspecified atom stereocenters. The summed E-state index contributed by atoms with van der Waals surface area (Å²) in [6, 6.07) is 10.0. The van der Waals surface area contributed by atoms with Crippen molar-refractivity contribution < 1.29 is 4.79 Å². The summed E-state index contributed by atoms with van der Waals surface area (Å²) in [7, 11) is 2.14. The monoisotopic (exact) mass is 417 g/mol. The number of likely N-dealkylation sites (N-methyl/N-ethyl adjacent to an activating group) is 1. The number of carbonyl (C=O) groups is 1. The number of hydrogen-bond acceptors (Lipinski definition) is 5. The summed E-state index contributed by atoms with van der Waals surface area (Å²) >= 11 is 0. The molecule has 2 fully saturated rings. The molecule has 2 heterocycles. The summed E-state index contributed by atoms with van der Waals surface area (Å²) < 4.78 is 0. The average Bonchev–Trinajstić information content (AvgIpc) is 2.65. The lowest BCUT2D eigenvalue weighted by Gasteiger charge is -2.37. The third-order valence-corrected chi connectivity index (χ3v) is 5.20. The zero-order valence-corrected chi connectivity index (χ0v) is 17.7. The topological polar surface area (TPSA) is 50.9 Å².